The number of phosphoric ester groups is 1. The molecule has 10 heteroatoms. The summed E-state index contributed by atoms with van der Waals surface area (Å²) in [6, 6.07) is 0. The van der Waals surface area contributed by atoms with E-state index >= 15 is 0 Å². The molecular weight excluding hydrogens is 788 g/mol. The SMILES string of the molecule is CC/C=C\C/C=C\C/C=C\C/C=C\C/C=C\CCCCCCCCOCC(COP(=O)(O)OCC(O)CO)OC(=O)CCCCCCCCC/C=C\CCCCCCCCC. The molecule has 3 atom stereocenters. The zero-order valence-corrected chi connectivity index (χ0v) is 39.8. The average Bonchev–Trinajstić information content (AvgIpc) is 3.25. The van der Waals surface area contributed by atoms with Crippen LogP contribution in [-0.4, -0.2) is 66.3 Å². The molecule has 61 heavy (non-hydrogen) atoms. The molecule has 0 aromatic rings. The van der Waals surface area contributed by atoms with Gasteiger partial charge in [-0.25, -0.2) is 4.57 Å². The summed E-state index contributed by atoms with van der Waals surface area (Å²) in [5.41, 5.74) is 0. The number of carbonyl (C=O) groups excluding carboxylic acids is 1. The number of ether oxygens (including phenoxy) is 2. The average molecular weight is 879 g/mol. The molecule has 0 aliphatic rings. The van der Waals surface area contributed by atoms with Gasteiger partial charge in [0.25, 0.3) is 0 Å². The molecule has 0 aliphatic heterocycles. The first-order valence-corrected chi connectivity index (χ1v) is 25.9. The predicted molar refractivity (Wildman–Crippen MR) is 256 cm³/mol. The third-order valence-corrected chi connectivity index (χ3v) is 11.1. The summed E-state index contributed by atoms with van der Waals surface area (Å²) in [6.45, 7) is 3.37. The van der Waals surface area contributed by atoms with E-state index in [-0.39, 0.29) is 19.6 Å². The second-order valence-corrected chi connectivity index (χ2v) is 17.5. The number of hydrogen-bond acceptors (Lipinski definition) is 8. The minimum absolute atomic E-state index is 0.0343. The van der Waals surface area contributed by atoms with Crippen LogP contribution in [-0.2, 0) is 27.9 Å². The molecule has 0 aliphatic carbocycles. The van der Waals surface area contributed by atoms with Gasteiger partial charge in [-0.05, 0) is 83.5 Å². The number of carbonyl (C=O) groups is 1. The molecule has 0 amide bonds. The molecule has 3 N–H and O–H groups in total. The van der Waals surface area contributed by atoms with Crippen molar-refractivity contribution in [1.29, 1.82) is 0 Å². The van der Waals surface area contributed by atoms with E-state index in [1.54, 1.807) is 0 Å². The normalized spacial score (nSPS) is 14.5. The molecule has 0 radical (unpaired) electrons. The van der Waals surface area contributed by atoms with Crippen molar-refractivity contribution in [3.63, 3.8) is 0 Å². The second kappa shape index (κ2) is 47.4. The van der Waals surface area contributed by atoms with Crippen LogP contribution in [0.3, 0.4) is 0 Å². The fourth-order valence-electron chi connectivity index (χ4n) is 6.44. The van der Waals surface area contributed by atoms with Crippen molar-refractivity contribution in [2.24, 2.45) is 0 Å². The van der Waals surface area contributed by atoms with Crippen molar-refractivity contribution in [1.82, 2.24) is 0 Å². The van der Waals surface area contributed by atoms with Crippen molar-refractivity contribution in [3.05, 3.63) is 72.9 Å². The molecule has 0 aromatic carbocycles. The summed E-state index contributed by atoms with van der Waals surface area (Å²) in [4.78, 5) is 22.7. The van der Waals surface area contributed by atoms with Gasteiger partial charge in [0, 0.05) is 13.0 Å². The highest BCUT2D eigenvalue weighted by Crippen LogP contribution is 2.43. The first-order valence-electron chi connectivity index (χ1n) is 24.4. The molecule has 0 saturated heterocycles. The maximum Gasteiger partial charge on any atom is 0.472 e. The lowest BCUT2D eigenvalue weighted by molar-refractivity contribution is -0.154. The van der Waals surface area contributed by atoms with E-state index in [9.17, 15) is 19.4 Å². The van der Waals surface area contributed by atoms with Crippen molar-refractivity contribution in [2.75, 3.05) is 33.0 Å². The fourth-order valence-corrected chi connectivity index (χ4v) is 7.23. The number of hydrogen-bond donors (Lipinski definition) is 3. The largest absolute Gasteiger partial charge is 0.472 e. The first-order chi connectivity index (χ1) is 29.8. The zero-order chi connectivity index (χ0) is 44.6. The fraction of sp³-hybridized carbons (Fsp3) is 0.745. The van der Waals surface area contributed by atoms with Crippen LogP contribution >= 0.6 is 7.82 Å². The van der Waals surface area contributed by atoms with Gasteiger partial charge in [-0.15, -0.1) is 0 Å². The lowest BCUT2D eigenvalue weighted by atomic mass is 10.1. The Balaban J connectivity index is 4.16. The molecule has 3 unspecified atom stereocenters. The van der Waals surface area contributed by atoms with Crippen LogP contribution in [0.1, 0.15) is 200 Å². The van der Waals surface area contributed by atoms with Gasteiger partial charge in [0.2, 0.25) is 0 Å². The number of rotatable bonds is 46. The Morgan fingerprint density at radius 2 is 0.934 bits per heavy atom. The Morgan fingerprint density at radius 1 is 0.525 bits per heavy atom. The van der Waals surface area contributed by atoms with Crippen LogP contribution in [0.25, 0.3) is 0 Å². The second-order valence-electron chi connectivity index (χ2n) is 16.1. The first kappa shape index (κ1) is 58.9. The van der Waals surface area contributed by atoms with E-state index in [4.69, 9.17) is 23.6 Å². The third kappa shape index (κ3) is 47.2. The number of allylic oxidation sites excluding steroid dienone is 12. The maximum absolute atomic E-state index is 12.7. The molecule has 0 fully saturated rings. The van der Waals surface area contributed by atoms with Crippen molar-refractivity contribution < 1.29 is 43.0 Å². The van der Waals surface area contributed by atoms with Crippen LogP contribution in [0, 0.1) is 0 Å². The molecule has 0 spiro atoms. The Bertz CT molecular complexity index is 1180. The maximum atomic E-state index is 12.7. The standard InChI is InChI=1S/C51H91O9P/c1-3-5-7-9-11-13-15-17-19-21-23-24-25-26-28-30-32-34-36-38-40-42-44-57-47-50(48-59-61(55,56)58-46-49(53)45-52)60-51(54)43-41-39-37-35-33-31-29-27-22-20-18-16-14-12-10-8-6-4-2/h5,7,11,13,17,19-20,22-24,26,28,49-50,52-53H,3-4,6,8-10,12,14-16,18,21,25,27,29-48H2,1-2H3,(H,55,56)/b7-5-,13-11-,19-17-,22-20-,24-23-,28-26-. The van der Waals surface area contributed by atoms with E-state index in [0.29, 0.717) is 6.61 Å². The molecule has 9 nitrogen and oxygen atoms in total. The summed E-state index contributed by atoms with van der Waals surface area (Å²) < 4.78 is 33.5. The van der Waals surface area contributed by atoms with E-state index in [0.717, 1.165) is 89.9 Å². The Hall–Kier alpha value is -2.10. The predicted octanol–water partition coefficient (Wildman–Crippen LogP) is 14.1. The lowest BCUT2D eigenvalue weighted by Gasteiger charge is -2.20. The summed E-state index contributed by atoms with van der Waals surface area (Å²) in [6.07, 6.45) is 57.2. The summed E-state index contributed by atoms with van der Waals surface area (Å²) in [5.74, 6) is -0.394. The van der Waals surface area contributed by atoms with Gasteiger partial charge in [0.15, 0.2) is 0 Å². The molecular formula is C51H91O9P. The van der Waals surface area contributed by atoms with Crippen molar-refractivity contribution in [3.8, 4) is 0 Å². The Morgan fingerprint density at radius 3 is 1.43 bits per heavy atom. The highest BCUT2D eigenvalue weighted by molar-refractivity contribution is 7.47. The van der Waals surface area contributed by atoms with E-state index in [2.05, 4.69) is 86.8 Å². The number of unbranched alkanes of at least 4 members (excludes halogenated alkanes) is 20. The van der Waals surface area contributed by atoms with Crippen molar-refractivity contribution >= 4 is 13.8 Å². The minimum Gasteiger partial charge on any atom is -0.457 e. The van der Waals surface area contributed by atoms with Gasteiger partial charge in [0.1, 0.15) is 12.2 Å². The summed E-state index contributed by atoms with van der Waals surface area (Å²) in [5, 5.41) is 18.4. The van der Waals surface area contributed by atoms with Crippen LogP contribution < -0.4 is 0 Å². The topological polar surface area (TPSA) is 132 Å². The van der Waals surface area contributed by atoms with Gasteiger partial charge >= 0.3 is 13.8 Å². The monoisotopic (exact) mass is 879 g/mol. The Labute approximate surface area is 373 Å². The zero-order valence-electron chi connectivity index (χ0n) is 38.9. The number of esters is 1. The number of phosphoric acid groups is 1. The molecule has 0 heterocycles. The van der Waals surface area contributed by atoms with Crippen LogP contribution in [0.15, 0.2) is 72.9 Å². The van der Waals surface area contributed by atoms with Gasteiger partial charge in [-0.3, -0.25) is 13.8 Å². The van der Waals surface area contributed by atoms with Crippen LogP contribution in [0.4, 0.5) is 0 Å². The van der Waals surface area contributed by atoms with E-state index in [1.807, 2.05) is 0 Å². The molecule has 0 bridgehead atoms. The quantitative estimate of drug-likeness (QED) is 0.0237. The lowest BCUT2D eigenvalue weighted by Crippen LogP contribution is -2.29. The Kier molecular flexibility index (Phi) is 45.7. The third-order valence-electron chi connectivity index (χ3n) is 10.1. The van der Waals surface area contributed by atoms with E-state index < -0.39 is 39.2 Å². The molecule has 354 valence electrons. The van der Waals surface area contributed by atoms with Gasteiger partial charge in [-0.1, -0.05) is 183 Å². The molecule has 0 saturated carbocycles. The number of aliphatic hydroxyl groups is 2. The minimum atomic E-state index is -4.53. The van der Waals surface area contributed by atoms with Crippen LogP contribution in [0.2, 0.25) is 0 Å². The van der Waals surface area contributed by atoms with Crippen LogP contribution in [0.5, 0.6) is 0 Å². The van der Waals surface area contributed by atoms with Gasteiger partial charge < -0.3 is 24.6 Å². The van der Waals surface area contributed by atoms with Gasteiger partial charge in [-0.2, -0.15) is 0 Å². The number of aliphatic hydroxyl groups excluding tert-OH is 2. The smallest absolute Gasteiger partial charge is 0.457 e. The highest BCUT2D eigenvalue weighted by atomic mass is 31.2. The summed E-state index contributed by atoms with van der Waals surface area (Å²) >= 11 is 0. The molecule has 0 rings (SSSR count). The van der Waals surface area contributed by atoms with Crippen molar-refractivity contribution in [2.45, 2.75) is 212 Å². The highest BCUT2D eigenvalue weighted by Gasteiger charge is 2.26. The van der Waals surface area contributed by atoms with E-state index in [1.165, 1.54) is 89.9 Å². The summed E-state index contributed by atoms with van der Waals surface area (Å²) in [7, 11) is -4.53. The molecule has 0 aromatic heterocycles. The van der Waals surface area contributed by atoms with Gasteiger partial charge in [0.05, 0.1) is 26.4 Å².